The molecule has 1 aromatic heterocycles. The number of benzene rings is 2. The Morgan fingerprint density at radius 1 is 1.21 bits per heavy atom. The SMILES string of the molecule is Cc1ccc(-c2nn(CC(=O)Nc3ccc(Br)cc3)c(=S)o2)cc1. The van der Waals surface area contributed by atoms with Crippen molar-refractivity contribution in [2.24, 2.45) is 0 Å². The quantitative estimate of drug-likeness (QED) is 0.647. The van der Waals surface area contributed by atoms with Crippen molar-refractivity contribution in [3.05, 3.63) is 63.4 Å². The fraction of sp³-hybridized carbons (Fsp3) is 0.118. The zero-order valence-electron chi connectivity index (χ0n) is 12.8. The molecule has 0 aliphatic rings. The molecule has 0 atom stereocenters. The van der Waals surface area contributed by atoms with Crippen LogP contribution in [0.2, 0.25) is 0 Å². The second-order valence-electron chi connectivity index (χ2n) is 5.25. The number of hydrogen-bond acceptors (Lipinski definition) is 4. The van der Waals surface area contributed by atoms with Crippen molar-refractivity contribution < 1.29 is 9.21 Å². The number of halogens is 1. The highest BCUT2D eigenvalue weighted by Gasteiger charge is 2.11. The van der Waals surface area contributed by atoms with Gasteiger partial charge < -0.3 is 9.73 Å². The van der Waals surface area contributed by atoms with Crippen LogP contribution in [0.1, 0.15) is 5.56 Å². The van der Waals surface area contributed by atoms with Crippen LogP contribution < -0.4 is 5.32 Å². The summed E-state index contributed by atoms with van der Waals surface area (Å²) in [6, 6.07) is 15.1. The number of rotatable bonds is 4. The van der Waals surface area contributed by atoms with Crippen molar-refractivity contribution in [1.82, 2.24) is 9.78 Å². The van der Waals surface area contributed by atoms with Gasteiger partial charge in [0.1, 0.15) is 6.54 Å². The Hall–Kier alpha value is -2.25. The lowest BCUT2D eigenvalue weighted by Gasteiger charge is -2.04. The second kappa shape index (κ2) is 7.11. The number of carbonyl (C=O) groups is 1. The largest absolute Gasteiger partial charge is 0.409 e. The number of amides is 1. The monoisotopic (exact) mass is 403 g/mol. The van der Waals surface area contributed by atoms with Crippen molar-refractivity contribution in [2.45, 2.75) is 13.5 Å². The van der Waals surface area contributed by atoms with E-state index in [1.54, 1.807) is 0 Å². The summed E-state index contributed by atoms with van der Waals surface area (Å²) in [5.41, 5.74) is 2.67. The van der Waals surface area contributed by atoms with E-state index in [4.69, 9.17) is 16.6 Å². The summed E-state index contributed by atoms with van der Waals surface area (Å²) in [6.45, 7) is 1.99. The minimum Gasteiger partial charge on any atom is -0.409 e. The van der Waals surface area contributed by atoms with Gasteiger partial charge in [0.2, 0.25) is 11.8 Å². The van der Waals surface area contributed by atoms with Crippen LogP contribution in [0.4, 0.5) is 5.69 Å². The number of aromatic nitrogens is 2. The van der Waals surface area contributed by atoms with E-state index in [-0.39, 0.29) is 17.3 Å². The first-order chi connectivity index (χ1) is 11.5. The van der Waals surface area contributed by atoms with Gasteiger partial charge in [0.25, 0.3) is 4.84 Å². The predicted molar refractivity (Wildman–Crippen MR) is 98.3 cm³/mol. The van der Waals surface area contributed by atoms with E-state index in [1.165, 1.54) is 4.68 Å². The van der Waals surface area contributed by atoms with Crippen molar-refractivity contribution in [3.63, 3.8) is 0 Å². The van der Waals surface area contributed by atoms with Crippen molar-refractivity contribution >= 4 is 39.7 Å². The summed E-state index contributed by atoms with van der Waals surface area (Å²) in [5, 5.41) is 7.08. The van der Waals surface area contributed by atoms with Gasteiger partial charge in [-0.3, -0.25) is 4.79 Å². The Balaban J connectivity index is 1.73. The van der Waals surface area contributed by atoms with Gasteiger partial charge in [-0.15, -0.1) is 5.10 Å². The van der Waals surface area contributed by atoms with Gasteiger partial charge in [-0.1, -0.05) is 33.6 Å². The lowest BCUT2D eigenvalue weighted by atomic mass is 10.1. The molecular formula is C17H14BrN3O2S. The fourth-order valence-electron chi connectivity index (χ4n) is 2.09. The molecule has 5 nitrogen and oxygen atoms in total. The molecule has 122 valence electrons. The van der Waals surface area contributed by atoms with Crippen LogP contribution in [0.15, 0.2) is 57.4 Å². The summed E-state index contributed by atoms with van der Waals surface area (Å²) in [7, 11) is 0. The number of carbonyl (C=O) groups excluding carboxylic acids is 1. The van der Waals surface area contributed by atoms with E-state index in [0.29, 0.717) is 11.6 Å². The van der Waals surface area contributed by atoms with E-state index < -0.39 is 0 Å². The van der Waals surface area contributed by atoms with E-state index in [0.717, 1.165) is 15.6 Å². The Labute approximate surface area is 152 Å². The third kappa shape index (κ3) is 3.98. The molecule has 0 unspecified atom stereocenters. The van der Waals surface area contributed by atoms with Crippen molar-refractivity contribution in [1.29, 1.82) is 0 Å². The molecule has 7 heteroatoms. The van der Waals surface area contributed by atoms with Crippen molar-refractivity contribution in [3.8, 4) is 11.5 Å². The number of aryl methyl sites for hydroxylation is 1. The number of nitrogens with one attached hydrogen (secondary N) is 1. The standard InChI is InChI=1S/C17H14BrN3O2S/c1-11-2-4-12(5-3-11)16-20-21(17(24)23-16)10-15(22)19-14-8-6-13(18)7-9-14/h2-9H,10H2,1H3,(H,19,22). The minimum absolute atomic E-state index is 0.00966. The highest BCUT2D eigenvalue weighted by molar-refractivity contribution is 9.10. The van der Waals surface area contributed by atoms with Gasteiger partial charge in [0.15, 0.2) is 0 Å². The molecule has 2 aromatic carbocycles. The fourth-order valence-corrected chi connectivity index (χ4v) is 2.54. The number of hydrogen-bond donors (Lipinski definition) is 1. The average Bonchev–Trinajstić information content (AvgIpc) is 2.91. The van der Waals surface area contributed by atoms with Gasteiger partial charge in [-0.05, 0) is 55.5 Å². The number of nitrogens with zero attached hydrogens (tertiary/aromatic N) is 2. The molecule has 0 radical (unpaired) electrons. The maximum atomic E-state index is 12.1. The van der Waals surface area contributed by atoms with E-state index in [1.807, 2.05) is 55.5 Å². The highest BCUT2D eigenvalue weighted by atomic mass is 79.9. The van der Waals surface area contributed by atoms with Crippen LogP contribution in [0.5, 0.6) is 0 Å². The molecule has 0 aliphatic carbocycles. The maximum Gasteiger partial charge on any atom is 0.287 e. The van der Waals surface area contributed by atoms with Crippen LogP contribution in [0, 0.1) is 11.8 Å². The van der Waals surface area contributed by atoms with Gasteiger partial charge in [0.05, 0.1) is 0 Å². The van der Waals surface area contributed by atoms with E-state index in [2.05, 4.69) is 26.3 Å². The molecule has 1 N–H and O–H groups in total. The second-order valence-corrected chi connectivity index (χ2v) is 6.52. The van der Waals surface area contributed by atoms with Crippen LogP contribution in [-0.2, 0) is 11.3 Å². The summed E-state index contributed by atoms with van der Waals surface area (Å²) in [5.74, 6) is 0.175. The van der Waals surface area contributed by atoms with Gasteiger partial charge >= 0.3 is 0 Å². The lowest BCUT2D eigenvalue weighted by Crippen LogP contribution is -2.19. The maximum absolute atomic E-state index is 12.1. The Morgan fingerprint density at radius 2 is 1.88 bits per heavy atom. The molecule has 0 saturated carbocycles. The summed E-state index contributed by atoms with van der Waals surface area (Å²) < 4.78 is 7.81. The molecule has 24 heavy (non-hydrogen) atoms. The summed E-state index contributed by atoms with van der Waals surface area (Å²) in [4.78, 5) is 12.3. The Morgan fingerprint density at radius 3 is 2.54 bits per heavy atom. The zero-order chi connectivity index (χ0) is 17.1. The zero-order valence-corrected chi connectivity index (χ0v) is 15.2. The lowest BCUT2D eigenvalue weighted by molar-refractivity contribution is -0.117. The predicted octanol–water partition coefficient (Wildman–Crippen LogP) is 4.58. The van der Waals surface area contributed by atoms with E-state index in [9.17, 15) is 4.79 Å². The molecule has 0 fully saturated rings. The molecule has 1 amide bonds. The summed E-state index contributed by atoms with van der Waals surface area (Å²) in [6.07, 6.45) is 0. The first kappa shape index (κ1) is 16.6. The third-order valence-corrected chi connectivity index (χ3v) is 4.15. The third-order valence-electron chi connectivity index (χ3n) is 3.33. The molecule has 0 bridgehead atoms. The Bertz CT molecular complexity index is 914. The smallest absolute Gasteiger partial charge is 0.287 e. The topological polar surface area (TPSA) is 60.1 Å². The molecule has 1 heterocycles. The highest BCUT2D eigenvalue weighted by Crippen LogP contribution is 2.18. The normalized spacial score (nSPS) is 10.6. The molecule has 0 saturated heterocycles. The van der Waals surface area contributed by atoms with Crippen LogP contribution in [0.3, 0.4) is 0 Å². The van der Waals surface area contributed by atoms with E-state index >= 15 is 0 Å². The van der Waals surface area contributed by atoms with Gasteiger partial charge in [-0.25, -0.2) is 4.68 Å². The first-order valence-electron chi connectivity index (χ1n) is 7.22. The number of anilines is 1. The molecule has 0 spiro atoms. The molecule has 0 aliphatic heterocycles. The van der Waals surface area contributed by atoms with Gasteiger partial charge in [0, 0.05) is 15.7 Å². The van der Waals surface area contributed by atoms with Crippen LogP contribution in [-0.4, -0.2) is 15.7 Å². The van der Waals surface area contributed by atoms with Crippen LogP contribution >= 0.6 is 28.1 Å². The van der Waals surface area contributed by atoms with Crippen LogP contribution in [0.25, 0.3) is 11.5 Å². The summed E-state index contributed by atoms with van der Waals surface area (Å²) >= 11 is 8.50. The molecular weight excluding hydrogens is 390 g/mol. The Kier molecular flexibility index (Phi) is 4.92. The molecule has 3 aromatic rings. The molecule has 3 rings (SSSR count). The first-order valence-corrected chi connectivity index (χ1v) is 8.42. The minimum atomic E-state index is -0.225. The average molecular weight is 404 g/mol. The van der Waals surface area contributed by atoms with Gasteiger partial charge in [-0.2, -0.15) is 0 Å². The van der Waals surface area contributed by atoms with Crippen molar-refractivity contribution in [2.75, 3.05) is 5.32 Å².